The Hall–Kier alpha value is -2.49. The molecule has 1 aliphatic heterocycles. The van der Waals surface area contributed by atoms with Crippen LogP contribution in [-0.2, 0) is 4.74 Å². The van der Waals surface area contributed by atoms with E-state index in [1.54, 1.807) is 19.3 Å². The fraction of sp³-hybridized carbons (Fsp3) is 0.438. The average molecular weight is 426 g/mol. The molecule has 140 valence electrons. The summed E-state index contributed by atoms with van der Waals surface area (Å²) in [5, 5.41) is 15.0. The first kappa shape index (κ1) is 18.3. The number of rotatable bonds is 4. The Balaban J connectivity index is 1.96. The van der Waals surface area contributed by atoms with Crippen molar-refractivity contribution in [1.29, 1.82) is 0 Å². The highest BCUT2D eigenvalue weighted by Crippen LogP contribution is 2.38. The van der Waals surface area contributed by atoms with Crippen LogP contribution in [0, 0.1) is 0 Å². The van der Waals surface area contributed by atoms with Crippen LogP contribution in [0.2, 0.25) is 0 Å². The van der Waals surface area contributed by atoms with Crippen LogP contribution >= 0.6 is 15.9 Å². The molecule has 0 bridgehead atoms. The number of anilines is 2. The summed E-state index contributed by atoms with van der Waals surface area (Å²) in [4.78, 5) is 32.3. The Bertz CT molecular complexity index is 824. The van der Waals surface area contributed by atoms with Gasteiger partial charge in [0.15, 0.2) is 0 Å². The monoisotopic (exact) mass is 425 g/mol. The van der Waals surface area contributed by atoms with Crippen molar-refractivity contribution in [2.75, 3.05) is 29.9 Å². The summed E-state index contributed by atoms with van der Waals surface area (Å²) in [6.07, 6.45) is 3.44. The van der Waals surface area contributed by atoms with E-state index in [2.05, 4.69) is 41.4 Å². The van der Waals surface area contributed by atoms with Crippen molar-refractivity contribution in [2.24, 2.45) is 0 Å². The molecule has 26 heavy (non-hydrogen) atoms. The van der Waals surface area contributed by atoms with Crippen LogP contribution in [0.15, 0.2) is 16.9 Å². The molecule has 1 unspecified atom stereocenters. The first-order valence-electron chi connectivity index (χ1n) is 8.33. The third kappa shape index (κ3) is 3.85. The number of nitrogens with one attached hydrogen (secondary N) is 3. The molecule has 4 N–H and O–H groups in total. The van der Waals surface area contributed by atoms with Gasteiger partial charge in [-0.3, -0.25) is 5.32 Å². The smallest absolute Gasteiger partial charge is 0.411 e. The molecule has 2 aromatic rings. The molecule has 1 aliphatic rings. The number of pyridine rings is 1. The van der Waals surface area contributed by atoms with E-state index in [0.29, 0.717) is 17.9 Å². The number of hydrogen-bond acceptors (Lipinski definition) is 5. The molecule has 0 radical (unpaired) electrons. The lowest BCUT2D eigenvalue weighted by Crippen LogP contribution is -2.47. The number of hydrogen-bond donors (Lipinski definition) is 4. The summed E-state index contributed by atoms with van der Waals surface area (Å²) in [5.41, 5.74) is 2.05. The molecule has 2 aromatic heterocycles. The molecule has 0 aromatic carbocycles. The number of fused-ring (bicyclic) bond motifs is 1. The number of carboxylic acid groups (broad SMARTS) is 1. The number of ether oxygens (including phenoxy) is 1. The molecular formula is C16H20BrN5O4. The molecule has 9 nitrogen and oxygen atoms in total. The van der Waals surface area contributed by atoms with Gasteiger partial charge in [0.1, 0.15) is 5.65 Å². The Morgan fingerprint density at radius 1 is 1.54 bits per heavy atom. The van der Waals surface area contributed by atoms with Crippen LogP contribution in [0.1, 0.15) is 19.8 Å². The maximum absolute atomic E-state index is 11.8. The highest BCUT2D eigenvalue weighted by molar-refractivity contribution is 9.10. The fourth-order valence-electron chi connectivity index (χ4n) is 3.21. The first-order chi connectivity index (χ1) is 12.5. The number of carbonyl (C=O) groups excluding carboxylic acids is 1. The second-order valence-electron chi connectivity index (χ2n) is 5.96. The van der Waals surface area contributed by atoms with Crippen LogP contribution in [-0.4, -0.2) is 53.0 Å². The summed E-state index contributed by atoms with van der Waals surface area (Å²) >= 11 is 3.54. The van der Waals surface area contributed by atoms with Gasteiger partial charge in [-0.1, -0.05) is 0 Å². The number of carbonyl (C=O) groups is 2. The normalized spacial score (nSPS) is 17.2. The van der Waals surface area contributed by atoms with Gasteiger partial charge in [0.05, 0.1) is 27.8 Å². The minimum Gasteiger partial charge on any atom is -0.465 e. The number of aromatic amines is 1. The van der Waals surface area contributed by atoms with Gasteiger partial charge in [0, 0.05) is 31.5 Å². The van der Waals surface area contributed by atoms with Gasteiger partial charge < -0.3 is 25.0 Å². The third-order valence-corrected chi connectivity index (χ3v) is 4.79. The number of amides is 2. The van der Waals surface area contributed by atoms with Crippen LogP contribution in [0.5, 0.6) is 0 Å². The zero-order valence-corrected chi connectivity index (χ0v) is 15.8. The van der Waals surface area contributed by atoms with Gasteiger partial charge in [-0.15, -0.1) is 0 Å². The molecular weight excluding hydrogens is 406 g/mol. The van der Waals surface area contributed by atoms with Crippen molar-refractivity contribution < 1.29 is 19.4 Å². The average Bonchev–Trinajstić information content (AvgIpc) is 2.97. The van der Waals surface area contributed by atoms with Gasteiger partial charge in [-0.05, 0) is 35.7 Å². The zero-order chi connectivity index (χ0) is 18.7. The summed E-state index contributed by atoms with van der Waals surface area (Å²) in [6.45, 7) is 3.33. The molecule has 3 rings (SSSR count). The van der Waals surface area contributed by atoms with Crippen LogP contribution < -0.4 is 15.5 Å². The van der Waals surface area contributed by atoms with Crippen molar-refractivity contribution >= 4 is 50.5 Å². The molecule has 0 saturated carbocycles. The van der Waals surface area contributed by atoms with E-state index in [-0.39, 0.29) is 12.6 Å². The van der Waals surface area contributed by atoms with Gasteiger partial charge >= 0.3 is 12.2 Å². The SMILES string of the molecule is CCOC(=O)Nc1c[nH]c2ncc(Br)c(N3CCCC(NC(=O)O)C3)c12. The molecule has 1 saturated heterocycles. The molecule has 3 heterocycles. The molecule has 2 amide bonds. The van der Waals surface area contributed by atoms with E-state index in [0.717, 1.165) is 34.9 Å². The number of nitrogens with zero attached hydrogens (tertiary/aromatic N) is 2. The van der Waals surface area contributed by atoms with Crippen LogP contribution in [0.25, 0.3) is 11.0 Å². The third-order valence-electron chi connectivity index (χ3n) is 4.21. The topological polar surface area (TPSA) is 120 Å². The predicted molar refractivity (Wildman–Crippen MR) is 101 cm³/mol. The van der Waals surface area contributed by atoms with E-state index in [4.69, 9.17) is 9.84 Å². The summed E-state index contributed by atoms with van der Waals surface area (Å²) in [5.74, 6) is 0. The van der Waals surface area contributed by atoms with Crippen molar-refractivity contribution in [1.82, 2.24) is 15.3 Å². The molecule has 1 atom stereocenters. The number of aromatic nitrogens is 2. The van der Waals surface area contributed by atoms with Gasteiger partial charge in [-0.2, -0.15) is 0 Å². The predicted octanol–water partition coefficient (Wildman–Crippen LogP) is 3.13. The highest BCUT2D eigenvalue weighted by Gasteiger charge is 2.26. The van der Waals surface area contributed by atoms with Crippen molar-refractivity contribution in [3.63, 3.8) is 0 Å². The van der Waals surface area contributed by atoms with Crippen molar-refractivity contribution in [3.8, 4) is 0 Å². The second-order valence-corrected chi connectivity index (χ2v) is 6.82. The lowest BCUT2D eigenvalue weighted by Gasteiger charge is -2.35. The van der Waals surface area contributed by atoms with Crippen molar-refractivity contribution in [2.45, 2.75) is 25.8 Å². The Labute approximate surface area is 158 Å². The first-order valence-corrected chi connectivity index (χ1v) is 9.12. The van der Waals surface area contributed by atoms with E-state index in [9.17, 15) is 9.59 Å². The zero-order valence-electron chi connectivity index (χ0n) is 14.2. The molecule has 0 aliphatic carbocycles. The summed E-state index contributed by atoms with van der Waals surface area (Å²) in [7, 11) is 0. The summed E-state index contributed by atoms with van der Waals surface area (Å²) in [6, 6.07) is -0.156. The molecule has 0 spiro atoms. The van der Waals surface area contributed by atoms with E-state index in [1.807, 2.05) is 0 Å². The van der Waals surface area contributed by atoms with E-state index < -0.39 is 12.2 Å². The van der Waals surface area contributed by atoms with E-state index >= 15 is 0 Å². The minimum absolute atomic E-state index is 0.156. The molecule has 10 heteroatoms. The lowest BCUT2D eigenvalue weighted by atomic mass is 10.0. The highest BCUT2D eigenvalue weighted by atomic mass is 79.9. The lowest BCUT2D eigenvalue weighted by molar-refractivity contribution is 0.168. The minimum atomic E-state index is -1.03. The quantitative estimate of drug-likeness (QED) is 0.597. The Morgan fingerprint density at radius 2 is 2.35 bits per heavy atom. The number of halogens is 1. The number of piperidine rings is 1. The van der Waals surface area contributed by atoms with E-state index in [1.165, 1.54) is 0 Å². The maximum atomic E-state index is 11.8. The maximum Gasteiger partial charge on any atom is 0.411 e. The van der Waals surface area contributed by atoms with Crippen LogP contribution in [0.3, 0.4) is 0 Å². The molecule has 1 fully saturated rings. The van der Waals surface area contributed by atoms with Crippen molar-refractivity contribution in [3.05, 3.63) is 16.9 Å². The largest absolute Gasteiger partial charge is 0.465 e. The Kier molecular flexibility index (Phi) is 5.50. The number of H-pyrrole nitrogens is 1. The summed E-state index contributed by atoms with van der Waals surface area (Å²) < 4.78 is 5.73. The fourth-order valence-corrected chi connectivity index (χ4v) is 3.76. The standard InChI is InChI=1S/C16H20BrN5O4/c1-2-26-16(25)21-11-7-19-14-12(11)13(10(17)6-18-14)22-5-3-4-9(8-22)20-15(23)24/h6-7,9,20H,2-5,8H2,1H3,(H,18,19)(H,21,25)(H,23,24). The van der Waals surface area contributed by atoms with Gasteiger partial charge in [0.25, 0.3) is 0 Å². The van der Waals surface area contributed by atoms with Gasteiger partial charge in [0.2, 0.25) is 0 Å². The second kappa shape index (κ2) is 7.81. The van der Waals surface area contributed by atoms with Crippen LogP contribution in [0.4, 0.5) is 21.0 Å². The Morgan fingerprint density at radius 3 is 3.08 bits per heavy atom. The van der Waals surface area contributed by atoms with Gasteiger partial charge in [-0.25, -0.2) is 14.6 Å².